The van der Waals surface area contributed by atoms with Gasteiger partial charge < -0.3 is 15.2 Å². The normalized spacial score (nSPS) is 29.3. The summed E-state index contributed by atoms with van der Waals surface area (Å²) in [5, 5.41) is 13.5. The predicted octanol–water partition coefficient (Wildman–Crippen LogP) is -0.637. The highest BCUT2D eigenvalue weighted by atomic mass is 16.5. The van der Waals surface area contributed by atoms with Crippen LogP contribution in [0.5, 0.6) is 0 Å². The third-order valence-corrected chi connectivity index (χ3v) is 3.94. The Bertz CT molecular complexity index is 234. The van der Waals surface area contributed by atoms with Gasteiger partial charge in [0.1, 0.15) is 0 Å². The van der Waals surface area contributed by atoms with E-state index in [1.54, 1.807) is 7.11 Å². The Hall–Kier alpha value is -0.200. The number of nitrogens with zero attached hydrogens (tertiary/aromatic N) is 2. The van der Waals surface area contributed by atoms with E-state index >= 15 is 0 Å². The van der Waals surface area contributed by atoms with Crippen LogP contribution in [0.1, 0.15) is 12.8 Å². The molecule has 2 saturated heterocycles. The second-order valence-electron chi connectivity index (χ2n) is 5.46. The Kier molecular flexibility index (Phi) is 5.85. The Morgan fingerprint density at radius 1 is 1.22 bits per heavy atom. The van der Waals surface area contributed by atoms with Crippen LogP contribution >= 0.6 is 0 Å². The fourth-order valence-corrected chi connectivity index (χ4v) is 2.92. The van der Waals surface area contributed by atoms with Gasteiger partial charge in [0.2, 0.25) is 0 Å². The molecule has 0 radical (unpaired) electrons. The van der Waals surface area contributed by atoms with Gasteiger partial charge in [0.25, 0.3) is 0 Å². The molecule has 2 aliphatic rings. The number of aliphatic hydroxyl groups excluding tert-OH is 1. The van der Waals surface area contributed by atoms with Gasteiger partial charge in [-0.1, -0.05) is 0 Å². The number of rotatable bonds is 5. The first-order valence-electron chi connectivity index (χ1n) is 7.14. The standard InChI is InChI=1S/C13H27N3O2/c1-18-13-3-2-6-16(11-13)10-12(17)9-15-7-4-14-5-8-15/h12-14,17H,2-11H2,1H3. The van der Waals surface area contributed by atoms with Gasteiger partial charge in [-0.15, -0.1) is 0 Å². The first kappa shape index (κ1) is 14.2. The lowest BCUT2D eigenvalue weighted by molar-refractivity contribution is 0.00575. The maximum atomic E-state index is 10.2. The zero-order valence-electron chi connectivity index (χ0n) is 11.5. The molecule has 5 heteroatoms. The molecule has 0 aromatic carbocycles. The zero-order chi connectivity index (χ0) is 12.8. The summed E-state index contributed by atoms with van der Waals surface area (Å²) in [6.07, 6.45) is 2.45. The molecule has 2 aliphatic heterocycles. The summed E-state index contributed by atoms with van der Waals surface area (Å²) >= 11 is 0. The number of piperazine rings is 1. The maximum absolute atomic E-state index is 10.2. The van der Waals surface area contributed by atoms with Crippen LogP contribution in [0.25, 0.3) is 0 Å². The third kappa shape index (κ3) is 4.48. The number of methoxy groups -OCH3 is 1. The fraction of sp³-hybridized carbons (Fsp3) is 1.00. The highest BCUT2D eigenvalue weighted by molar-refractivity contribution is 4.77. The average molecular weight is 257 g/mol. The Balaban J connectivity index is 1.67. The Morgan fingerprint density at radius 2 is 1.94 bits per heavy atom. The van der Waals surface area contributed by atoms with Crippen LogP contribution in [0.2, 0.25) is 0 Å². The molecule has 2 atom stereocenters. The van der Waals surface area contributed by atoms with Gasteiger partial charge in [0.05, 0.1) is 12.2 Å². The second kappa shape index (κ2) is 7.40. The number of hydrogen-bond acceptors (Lipinski definition) is 5. The second-order valence-corrected chi connectivity index (χ2v) is 5.46. The molecule has 2 heterocycles. The third-order valence-electron chi connectivity index (χ3n) is 3.94. The molecule has 106 valence electrons. The summed E-state index contributed by atoms with van der Waals surface area (Å²) < 4.78 is 5.41. The molecule has 5 nitrogen and oxygen atoms in total. The van der Waals surface area contributed by atoms with Crippen molar-refractivity contribution in [2.45, 2.75) is 25.0 Å². The summed E-state index contributed by atoms with van der Waals surface area (Å²) in [5.41, 5.74) is 0. The van der Waals surface area contributed by atoms with Crippen LogP contribution < -0.4 is 5.32 Å². The van der Waals surface area contributed by atoms with Crippen molar-refractivity contribution in [2.75, 3.05) is 59.5 Å². The van der Waals surface area contributed by atoms with E-state index < -0.39 is 0 Å². The number of hydrogen-bond donors (Lipinski definition) is 2. The highest BCUT2D eigenvalue weighted by Crippen LogP contribution is 2.12. The SMILES string of the molecule is COC1CCCN(CC(O)CN2CCNCC2)C1. The molecule has 0 amide bonds. The number of aliphatic hydroxyl groups is 1. The quantitative estimate of drug-likeness (QED) is 0.686. The van der Waals surface area contributed by atoms with Crippen molar-refractivity contribution in [2.24, 2.45) is 0 Å². The number of piperidine rings is 1. The van der Waals surface area contributed by atoms with E-state index in [1.807, 2.05) is 0 Å². The zero-order valence-corrected chi connectivity index (χ0v) is 11.5. The van der Waals surface area contributed by atoms with Crippen molar-refractivity contribution >= 4 is 0 Å². The largest absolute Gasteiger partial charge is 0.390 e. The predicted molar refractivity (Wildman–Crippen MR) is 71.8 cm³/mol. The highest BCUT2D eigenvalue weighted by Gasteiger charge is 2.22. The summed E-state index contributed by atoms with van der Waals surface area (Å²) in [6.45, 7) is 7.84. The minimum atomic E-state index is -0.237. The molecule has 0 bridgehead atoms. The molecule has 2 unspecified atom stereocenters. The lowest BCUT2D eigenvalue weighted by atomic mass is 10.1. The van der Waals surface area contributed by atoms with Crippen LogP contribution in [0.4, 0.5) is 0 Å². The minimum absolute atomic E-state index is 0.237. The van der Waals surface area contributed by atoms with E-state index in [2.05, 4.69) is 15.1 Å². The maximum Gasteiger partial charge on any atom is 0.0793 e. The van der Waals surface area contributed by atoms with Crippen LogP contribution in [0.15, 0.2) is 0 Å². The molecule has 0 aromatic heterocycles. The van der Waals surface area contributed by atoms with Gasteiger partial charge in [-0.25, -0.2) is 0 Å². The van der Waals surface area contributed by atoms with E-state index in [1.165, 1.54) is 6.42 Å². The van der Waals surface area contributed by atoms with E-state index in [9.17, 15) is 5.11 Å². The molecule has 2 rings (SSSR count). The van der Waals surface area contributed by atoms with Crippen molar-refractivity contribution in [3.8, 4) is 0 Å². The van der Waals surface area contributed by atoms with Gasteiger partial charge in [-0.05, 0) is 19.4 Å². The molecule has 2 N–H and O–H groups in total. The molecule has 0 spiro atoms. The topological polar surface area (TPSA) is 48.0 Å². The summed E-state index contributed by atoms with van der Waals surface area (Å²) in [6, 6.07) is 0. The van der Waals surface area contributed by atoms with Gasteiger partial charge >= 0.3 is 0 Å². The van der Waals surface area contributed by atoms with Crippen LogP contribution in [0.3, 0.4) is 0 Å². The first-order valence-corrected chi connectivity index (χ1v) is 7.14. The van der Waals surface area contributed by atoms with Crippen molar-refractivity contribution in [3.63, 3.8) is 0 Å². The van der Waals surface area contributed by atoms with Crippen molar-refractivity contribution in [1.29, 1.82) is 0 Å². The molecule has 18 heavy (non-hydrogen) atoms. The molecule has 0 aliphatic carbocycles. The van der Waals surface area contributed by atoms with Crippen LogP contribution in [0, 0.1) is 0 Å². The molecule has 0 aromatic rings. The van der Waals surface area contributed by atoms with Gasteiger partial charge in [-0.2, -0.15) is 0 Å². The van der Waals surface area contributed by atoms with Gasteiger partial charge in [-0.3, -0.25) is 9.80 Å². The lowest BCUT2D eigenvalue weighted by Crippen LogP contribution is -2.49. The molecule has 2 fully saturated rings. The van der Waals surface area contributed by atoms with Crippen molar-refractivity contribution < 1.29 is 9.84 Å². The number of likely N-dealkylation sites (tertiary alicyclic amines) is 1. The summed E-state index contributed by atoms with van der Waals surface area (Å²) in [5.74, 6) is 0. The van der Waals surface area contributed by atoms with E-state index in [0.717, 1.165) is 58.8 Å². The summed E-state index contributed by atoms with van der Waals surface area (Å²) in [4.78, 5) is 4.68. The number of β-amino-alcohol motifs (C(OH)–C–C–N with tert-alkyl or cyclic N) is 1. The summed E-state index contributed by atoms with van der Waals surface area (Å²) in [7, 11) is 1.78. The van der Waals surface area contributed by atoms with Crippen molar-refractivity contribution in [1.82, 2.24) is 15.1 Å². The van der Waals surface area contributed by atoms with Crippen LogP contribution in [-0.4, -0.2) is 86.6 Å². The minimum Gasteiger partial charge on any atom is -0.390 e. The van der Waals surface area contributed by atoms with Crippen molar-refractivity contribution in [3.05, 3.63) is 0 Å². The van der Waals surface area contributed by atoms with Gasteiger partial charge in [0, 0.05) is 52.9 Å². The Morgan fingerprint density at radius 3 is 2.67 bits per heavy atom. The number of nitrogens with one attached hydrogen (secondary N) is 1. The van der Waals surface area contributed by atoms with Crippen LogP contribution in [-0.2, 0) is 4.74 Å². The first-order chi connectivity index (χ1) is 8.78. The van der Waals surface area contributed by atoms with E-state index in [4.69, 9.17) is 4.74 Å². The van der Waals surface area contributed by atoms with E-state index in [-0.39, 0.29) is 6.10 Å². The molecule has 0 saturated carbocycles. The van der Waals surface area contributed by atoms with Gasteiger partial charge in [0.15, 0.2) is 0 Å². The smallest absolute Gasteiger partial charge is 0.0793 e. The Labute approximate surface area is 110 Å². The lowest BCUT2D eigenvalue weighted by Gasteiger charge is -2.35. The monoisotopic (exact) mass is 257 g/mol. The molecular weight excluding hydrogens is 230 g/mol. The average Bonchev–Trinajstić information content (AvgIpc) is 2.40. The number of ether oxygens (including phenoxy) is 1. The van der Waals surface area contributed by atoms with E-state index in [0.29, 0.717) is 6.10 Å². The molecular formula is C13H27N3O2. The fourth-order valence-electron chi connectivity index (χ4n) is 2.92.